The van der Waals surface area contributed by atoms with Crippen LogP contribution in [0.3, 0.4) is 0 Å². The minimum absolute atomic E-state index is 0.190. The molecule has 0 aliphatic rings. The summed E-state index contributed by atoms with van der Waals surface area (Å²) < 4.78 is 11.6. The summed E-state index contributed by atoms with van der Waals surface area (Å²) in [6.45, 7) is 12.7. The van der Waals surface area contributed by atoms with Gasteiger partial charge in [-0.1, -0.05) is 50.2 Å². The summed E-state index contributed by atoms with van der Waals surface area (Å²) in [5, 5.41) is 1.40. The van der Waals surface area contributed by atoms with Gasteiger partial charge >= 0.3 is 6.09 Å². The van der Waals surface area contributed by atoms with E-state index in [0.29, 0.717) is 17.4 Å². The summed E-state index contributed by atoms with van der Waals surface area (Å²) in [7, 11) is 1.68. The minimum Gasteiger partial charge on any atom is -0.487 e. The molecule has 0 bridgehead atoms. The van der Waals surface area contributed by atoms with Crippen LogP contribution in [0.1, 0.15) is 37.6 Å². The Morgan fingerprint density at radius 1 is 1.28 bits per heavy atom. The molecule has 1 amide bonds. The third kappa shape index (κ3) is 6.55. The molecule has 190 valence electrons. The van der Waals surface area contributed by atoms with Gasteiger partial charge in [0.25, 0.3) is 0 Å². The molecule has 3 aromatic rings. The summed E-state index contributed by atoms with van der Waals surface area (Å²) in [4.78, 5) is 24.8. The van der Waals surface area contributed by atoms with Gasteiger partial charge in [-0.05, 0) is 37.5 Å². The number of allylic oxidation sites excluding steroid dienone is 1. The summed E-state index contributed by atoms with van der Waals surface area (Å²) in [6.07, 6.45) is 8.52. The average molecular weight is 509 g/mol. The predicted molar refractivity (Wildman–Crippen MR) is 145 cm³/mol. The molecular formula is C28H33ClN4O3. The van der Waals surface area contributed by atoms with Crippen LogP contribution in [-0.4, -0.2) is 34.6 Å². The van der Waals surface area contributed by atoms with Crippen LogP contribution in [0.5, 0.6) is 5.75 Å². The second kappa shape index (κ2) is 12.4. The van der Waals surface area contributed by atoms with Gasteiger partial charge in [0.05, 0.1) is 23.9 Å². The van der Waals surface area contributed by atoms with E-state index < -0.39 is 6.09 Å². The van der Waals surface area contributed by atoms with Crippen LogP contribution < -0.4 is 9.64 Å². The lowest BCUT2D eigenvalue weighted by atomic mass is 10.1. The Hall–Kier alpha value is -3.58. The molecule has 0 fully saturated rings. The number of benzene rings is 1. The standard InChI is InChI=1S/C28H33ClN4O3/c1-7-12-33(8-2)25-13-20(5)31-27-22(25)10-9-11-26(27)35-18-23-21(14-30-15-24(23)29)16-32(6)28(34)36-17-19(3)4/h7-15,19H,2,16-18H2,1,3-6H3/b12-7-. The molecule has 0 saturated heterocycles. The van der Waals surface area contributed by atoms with Crippen molar-refractivity contribution in [2.24, 2.45) is 5.92 Å². The third-order valence-electron chi connectivity index (χ3n) is 5.42. The maximum absolute atomic E-state index is 12.4. The van der Waals surface area contributed by atoms with E-state index in [2.05, 4.69) is 11.6 Å². The molecule has 0 N–H and O–H groups in total. The van der Waals surface area contributed by atoms with E-state index in [1.807, 2.05) is 69.1 Å². The summed E-state index contributed by atoms with van der Waals surface area (Å²) >= 11 is 6.51. The van der Waals surface area contributed by atoms with Crippen molar-refractivity contribution in [3.8, 4) is 5.75 Å². The van der Waals surface area contributed by atoms with E-state index in [1.165, 1.54) is 4.90 Å². The number of carbonyl (C=O) groups is 1. The van der Waals surface area contributed by atoms with E-state index in [9.17, 15) is 4.79 Å². The highest BCUT2D eigenvalue weighted by molar-refractivity contribution is 6.31. The number of nitrogens with zero attached hydrogens (tertiary/aromatic N) is 4. The van der Waals surface area contributed by atoms with E-state index in [-0.39, 0.29) is 19.1 Å². The van der Waals surface area contributed by atoms with Crippen LogP contribution >= 0.6 is 11.6 Å². The highest BCUT2D eigenvalue weighted by Crippen LogP contribution is 2.33. The van der Waals surface area contributed by atoms with Crippen molar-refractivity contribution < 1.29 is 14.3 Å². The first-order valence-corrected chi connectivity index (χ1v) is 12.2. The molecule has 36 heavy (non-hydrogen) atoms. The van der Waals surface area contributed by atoms with Gasteiger partial charge in [0, 0.05) is 48.5 Å². The lowest BCUT2D eigenvalue weighted by molar-refractivity contribution is 0.0978. The van der Waals surface area contributed by atoms with Crippen LogP contribution in [0.2, 0.25) is 5.02 Å². The van der Waals surface area contributed by atoms with Crippen LogP contribution in [0.4, 0.5) is 10.5 Å². The molecule has 0 saturated carbocycles. The van der Waals surface area contributed by atoms with Gasteiger partial charge in [0.1, 0.15) is 17.9 Å². The lowest BCUT2D eigenvalue weighted by Crippen LogP contribution is -2.28. The number of aromatic nitrogens is 2. The molecule has 0 aliphatic heterocycles. The Balaban J connectivity index is 1.89. The van der Waals surface area contributed by atoms with E-state index in [4.69, 9.17) is 26.1 Å². The van der Waals surface area contributed by atoms with Crippen molar-refractivity contribution >= 4 is 34.3 Å². The quantitative estimate of drug-likeness (QED) is 0.297. The number of hydrogen-bond acceptors (Lipinski definition) is 6. The van der Waals surface area contributed by atoms with Crippen molar-refractivity contribution in [2.45, 2.75) is 40.8 Å². The Labute approximate surface area is 218 Å². The number of rotatable bonds is 10. The fourth-order valence-corrected chi connectivity index (χ4v) is 3.91. The molecule has 7 nitrogen and oxygen atoms in total. The lowest BCUT2D eigenvalue weighted by Gasteiger charge is -2.21. The number of para-hydroxylation sites is 1. The number of aryl methyl sites for hydroxylation is 1. The minimum atomic E-state index is -0.398. The van der Waals surface area contributed by atoms with Crippen LogP contribution in [0, 0.1) is 12.8 Å². The number of pyridine rings is 2. The average Bonchev–Trinajstić information content (AvgIpc) is 2.85. The molecule has 0 atom stereocenters. The number of anilines is 1. The van der Waals surface area contributed by atoms with Gasteiger partial charge in [-0.2, -0.15) is 0 Å². The second-order valence-corrected chi connectivity index (χ2v) is 9.29. The molecule has 0 radical (unpaired) electrons. The van der Waals surface area contributed by atoms with Crippen molar-refractivity contribution in [3.63, 3.8) is 0 Å². The predicted octanol–water partition coefficient (Wildman–Crippen LogP) is 6.88. The number of hydrogen-bond donors (Lipinski definition) is 0. The first-order chi connectivity index (χ1) is 17.2. The van der Waals surface area contributed by atoms with Gasteiger partial charge in [0.2, 0.25) is 0 Å². The smallest absolute Gasteiger partial charge is 0.409 e. The van der Waals surface area contributed by atoms with Crippen LogP contribution in [-0.2, 0) is 17.9 Å². The largest absolute Gasteiger partial charge is 0.487 e. The van der Waals surface area contributed by atoms with E-state index in [0.717, 1.165) is 33.4 Å². The maximum Gasteiger partial charge on any atom is 0.409 e. The number of halogens is 1. The van der Waals surface area contributed by atoms with Gasteiger partial charge in [-0.15, -0.1) is 0 Å². The highest BCUT2D eigenvalue weighted by atomic mass is 35.5. The van der Waals surface area contributed by atoms with Crippen molar-refractivity contribution in [2.75, 3.05) is 18.6 Å². The summed E-state index contributed by atoms with van der Waals surface area (Å²) in [6, 6.07) is 7.84. The third-order valence-corrected chi connectivity index (χ3v) is 5.74. The first-order valence-electron chi connectivity index (χ1n) is 11.8. The monoisotopic (exact) mass is 508 g/mol. The molecular weight excluding hydrogens is 476 g/mol. The van der Waals surface area contributed by atoms with Gasteiger partial charge in [-0.25, -0.2) is 9.78 Å². The summed E-state index contributed by atoms with van der Waals surface area (Å²) in [5.74, 6) is 0.889. The second-order valence-electron chi connectivity index (χ2n) is 8.88. The Bertz CT molecular complexity index is 1260. The molecule has 0 aliphatic carbocycles. The van der Waals surface area contributed by atoms with Crippen LogP contribution in [0.15, 0.2) is 61.7 Å². The Morgan fingerprint density at radius 3 is 2.75 bits per heavy atom. The highest BCUT2D eigenvalue weighted by Gasteiger charge is 2.17. The number of carbonyl (C=O) groups excluding carboxylic acids is 1. The first kappa shape index (κ1) is 27.0. The maximum atomic E-state index is 12.4. The number of amides is 1. The number of ether oxygens (including phenoxy) is 2. The Morgan fingerprint density at radius 2 is 2.06 bits per heavy atom. The zero-order chi connectivity index (χ0) is 26.2. The molecule has 8 heteroatoms. The van der Waals surface area contributed by atoms with Crippen molar-refractivity contribution in [3.05, 3.63) is 83.6 Å². The van der Waals surface area contributed by atoms with Gasteiger partial charge < -0.3 is 19.3 Å². The molecule has 1 aromatic carbocycles. The van der Waals surface area contributed by atoms with Crippen LogP contribution in [0.25, 0.3) is 10.9 Å². The topological polar surface area (TPSA) is 67.8 Å². The van der Waals surface area contributed by atoms with Gasteiger partial charge in [0.15, 0.2) is 0 Å². The zero-order valence-corrected chi connectivity index (χ0v) is 22.2. The molecule has 2 heterocycles. The molecule has 0 unspecified atom stereocenters. The SMILES string of the molecule is C=CN(/C=C\C)c1cc(C)nc2c(OCc3c(Cl)cncc3CN(C)C(=O)OCC(C)C)cccc12. The normalized spacial score (nSPS) is 11.2. The number of fused-ring (bicyclic) bond motifs is 1. The fraction of sp³-hybridized carbons (Fsp3) is 0.321. The van der Waals surface area contributed by atoms with Crippen molar-refractivity contribution in [1.82, 2.24) is 14.9 Å². The zero-order valence-electron chi connectivity index (χ0n) is 21.5. The summed E-state index contributed by atoms with van der Waals surface area (Å²) in [5.41, 5.74) is 4.09. The van der Waals surface area contributed by atoms with Crippen molar-refractivity contribution in [1.29, 1.82) is 0 Å². The van der Waals surface area contributed by atoms with E-state index >= 15 is 0 Å². The molecule has 0 spiro atoms. The molecule has 2 aromatic heterocycles. The fourth-order valence-electron chi connectivity index (χ4n) is 3.68. The Kier molecular flexibility index (Phi) is 9.31. The van der Waals surface area contributed by atoms with E-state index in [1.54, 1.807) is 25.6 Å². The van der Waals surface area contributed by atoms with Gasteiger partial charge in [-0.3, -0.25) is 4.98 Å². The molecule has 3 rings (SSSR count).